The van der Waals surface area contributed by atoms with Crippen LogP contribution < -0.4 is 16.8 Å². The van der Waals surface area contributed by atoms with Gasteiger partial charge in [0.2, 0.25) is 5.91 Å². The Morgan fingerprint density at radius 1 is 0.973 bits per heavy atom. The monoisotopic (exact) mass is 504 g/mol. The Balaban J connectivity index is 1.87. The normalized spacial score (nSPS) is 12.4. The lowest BCUT2D eigenvalue weighted by molar-refractivity contribution is -0.485. The molecule has 0 aromatic heterocycles. The summed E-state index contributed by atoms with van der Waals surface area (Å²) in [6.45, 7) is 1.24. The molecule has 10 nitrogen and oxygen atoms in total. The van der Waals surface area contributed by atoms with Gasteiger partial charge in [0, 0.05) is 25.6 Å². The standard InChI is InChI=1S/C27H32N6O4/c28-26(35)25(12-7-17-30-27(29)31-33(36)37)32(18-20-13-15-23(34)16-14-20)19-24(21-8-3-1-4-9-21)22-10-5-2-6-11-22/h1-6,8-11,13-16,24-25,34H,7,12,17-19H2,(H2,28,35)(H3,29,30,31)/t25-/m1/s1. The highest BCUT2D eigenvalue weighted by Gasteiger charge is 2.28. The fourth-order valence-corrected chi connectivity index (χ4v) is 4.29. The van der Waals surface area contributed by atoms with Gasteiger partial charge in [-0.2, -0.15) is 0 Å². The number of hydrogen-bond donors (Lipinski definition) is 4. The number of nitrogens with zero attached hydrogens (tertiary/aromatic N) is 3. The van der Waals surface area contributed by atoms with Crippen molar-refractivity contribution in [1.29, 1.82) is 0 Å². The predicted molar refractivity (Wildman–Crippen MR) is 142 cm³/mol. The summed E-state index contributed by atoms with van der Waals surface area (Å²) in [5.74, 6) is -0.629. The number of carbonyl (C=O) groups excluding carboxylic acids is 1. The van der Waals surface area contributed by atoms with Gasteiger partial charge in [-0.05, 0) is 41.7 Å². The van der Waals surface area contributed by atoms with Crippen molar-refractivity contribution in [2.45, 2.75) is 31.3 Å². The van der Waals surface area contributed by atoms with Crippen LogP contribution in [0.1, 0.15) is 35.4 Å². The smallest absolute Gasteiger partial charge is 0.266 e. The second-order valence-corrected chi connectivity index (χ2v) is 8.68. The van der Waals surface area contributed by atoms with Crippen molar-refractivity contribution >= 4 is 11.9 Å². The van der Waals surface area contributed by atoms with Gasteiger partial charge < -0.3 is 21.9 Å². The first kappa shape index (κ1) is 27.2. The van der Waals surface area contributed by atoms with Gasteiger partial charge in [0.1, 0.15) is 10.9 Å². The summed E-state index contributed by atoms with van der Waals surface area (Å²) in [5.41, 5.74) is 14.5. The van der Waals surface area contributed by atoms with Gasteiger partial charge in [-0.1, -0.05) is 72.8 Å². The van der Waals surface area contributed by atoms with E-state index in [1.807, 2.05) is 53.4 Å². The summed E-state index contributed by atoms with van der Waals surface area (Å²) in [4.78, 5) is 25.2. The Kier molecular flexibility index (Phi) is 9.98. The van der Waals surface area contributed by atoms with Crippen molar-refractivity contribution in [2.75, 3.05) is 13.1 Å². The van der Waals surface area contributed by atoms with Gasteiger partial charge in [0.25, 0.3) is 5.96 Å². The van der Waals surface area contributed by atoms with Crippen LogP contribution in [0.25, 0.3) is 0 Å². The Labute approximate surface area is 215 Å². The average Bonchev–Trinajstić information content (AvgIpc) is 2.88. The summed E-state index contributed by atoms with van der Waals surface area (Å²) in [5, 5.41) is 25.0. The lowest BCUT2D eigenvalue weighted by Gasteiger charge is -2.33. The van der Waals surface area contributed by atoms with Crippen LogP contribution in [0.3, 0.4) is 0 Å². The molecule has 3 rings (SSSR count). The number of nitrogens with two attached hydrogens (primary N) is 2. The molecule has 1 atom stereocenters. The Bertz CT molecular complexity index is 1130. The zero-order valence-electron chi connectivity index (χ0n) is 20.4. The van der Waals surface area contributed by atoms with Crippen LogP contribution in [0, 0.1) is 10.1 Å². The number of nitro groups is 1. The number of primary amides is 1. The lowest BCUT2D eigenvalue weighted by atomic mass is 9.90. The summed E-state index contributed by atoms with van der Waals surface area (Å²) in [7, 11) is 0. The van der Waals surface area contributed by atoms with E-state index in [0.717, 1.165) is 16.7 Å². The van der Waals surface area contributed by atoms with Crippen LogP contribution in [-0.4, -0.2) is 46.0 Å². The fourth-order valence-electron chi connectivity index (χ4n) is 4.29. The van der Waals surface area contributed by atoms with Gasteiger partial charge in [-0.25, -0.2) is 10.1 Å². The van der Waals surface area contributed by atoms with Gasteiger partial charge in [-0.15, -0.1) is 0 Å². The molecule has 194 valence electrons. The number of carbonyl (C=O) groups is 1. The Morgan fingerprint density at radius 3 is 2.05 bits per heavy atom. The van der Waals surface area contributed by atoms with E-state index in [-0.39, 0.29) is 17.6 Å². The molecular weight excluding hydrogens is 472 g/mol. The highest BCUT2D eigenvalue weighted by atomic mass is 16.7. The van der Waals surface area contributed by atoms with Crippen molar-refractivity contribution in [1.82, 2.24) is 10.2 Å². The first-order valence-corrected chi connectivity index (χ1v) is 12.0. The minimum atomic E-state index is -0.874. The molecule has 6 N–H and O–H groups in total. The molecule has 1 amide bonds. The second kappa shape index (κ2) is 13.6. The van der Waals surface area contributed by atoms with Crippen molar-refractivity contribution in [3.8, 4) is 5.75 Å². The largest absolute Gasteiger partial charge is 0.508 e. The SMILES string of the molecule is NC(=O)[C@@H](CCCNC(N)=N[N+](=O)[O-])N(Cc1ccc(O)cc1)CC(c1ccccc1)c1ccccc1. The van der Waals surface area contributed by atoms with Gasteiger partial charge in [-0.3, -0.25) is 9.69 Å². The number of benzene rings is 3. The summed E-state index contributed by atoms with van der Waals surface area (Å²) >= 11 is 0. The molecule has 0 aliphatic carbocycles. The Morgan fingerprint density at radius 2 is 1.54 bits per heavy atom. The van der Waals surface area contributed by atoms with Gasteiger partial charge in [0.05, 0.1) is 6.04 Å². The minimum absolute atomic E-state index is 0.0256. The van der Waals surface area contributed by atoms with E-state index >= 15 is 0 Å². The van der Waals surface area contributed by atoms with E-state index < -0.39 is 17.0 Å². The molecule has 0 unspecified atom stereocenters. The maximum atomic E-state index is 12.7. The van der Waals surface area contributed by atoms with E-state index in [2.05, 4.69) is 34.7 Å². The topological polar surface area (TPSA) is 160 Å². The molecule has 10 heteroatoms. The zero-order valence-corrected chi connectivity index (χ0v) is 20.4. The molecule has 0 bridgehead atoms. The summed E-state index contributed by atoms with van der Waals surface area (Å²) in [6, 6.07) is 26.4. The number of hydrogen-bond acceptors (Lipinski definition) is 5. The van der Waals surface area contributed by atoms with E-state index in [1.54, 1.807) is 12.1 Å². The number of phenols is 1. The molecular formula is C27H32N6O4. The van der Waals surface area contributed by atoms with Crippen LogP contribution in [0.2, 0.25) is 0 Å². The number of hydrazone groups is 1. The summed E-state index contributed by atoms with van der Waals surface area (Å²) < 4.78 is 0. The van der Waals surface area contributed by atoms with Crippen LogP contribution >= 0.6 is 0 Å². The minimum Gasteiger partial charge on any atom is -0.508 e. The molecule has 0 saturated heterocycles. The first-order chi connectivity index (χ1) is 17.8. The average molecular weight is 505 g/mol. The van der Waals surface area contributed by atoms with Crippen molar-refractivity contribution in [2.24, 2.45) is 16.6 Å². The maximum Gasteiger partial charge on any atom is 0.266 e. The van der Waals surface area contributed by atoms with Crippen LogP contribution in [0.4, 0.5) is 0 Å². The number of phenolic OH excluding ortho intramolecular Hbond substituents is 1. The molecule has 3 aromatic rings. The van der Waals surface area contributed by atoms with Crippen LogP contribution in [-0.2, 0) is 11.3 Å². The van der Waals surface area contributed by atoms with E-state index in [4.69, 9.17) is 11.5 Å². The van der Waals surface area contributed by atoms with Gasteiger partial charge in [0.15, 0.2) is 5.03 Å². The molecule has 0 aliphatic heterocycles. The molecule has 3 aromatic carbocycles. The molecule has 0 spiro atoms. The fraction of sp³-hybridized carbons (Fsp3) is 0.259. The molecule has 0 heterocycles. The highest BCUT2D eigenvalue weighted by molar-refractivity contribution is 5.80. The molecule has 0 aliphatic rings. The quantitative estimate of drug-likeness (QED) is 0.0915. The summed E-state index contributed by atoms with van der Waals surface area (Å²) in [6.07, 6.45) is 0.886. The van der Waals surface area contributed by atoms with E-state index in [9.17, 15) is 20.0 Å². The van der Waals surface area contributed by atoms with E-state index in [0.29, 0.717) is 32.5 Å². The molecule has 37 heavy (non-hydrogen) atoms. The third-order valence-electron chi connectivity index (χ3n) is 6.06. The zero-order chi connectivity index (χ0) is 26.6. The third kappa shape index (κ3) is 8.62. The Hall–Kier alpha value is -4.44. The second-order valence-electron chi connectivity index (χ2n) is 8.68. The predicted octanol–water partition coefficient (Wildman–Crippen LogP) is 2.76. The highest BCUT2D eigenvalue weighted by Crippen LogP contribution is 2.28. The maximum absolute atomic E-state index is 12.7. The van der Waals surface area contributed by atoms with Crippen molar-refractivity contribution in [3.05, 3.63) is 112 Å². The third-order valence-corrected chi connectivity index (χ3v) is 6.06. The number of rotatable bonds is 13. The number of nitrogens with one attached hydrogen (secondary N) is 1. The molecule has 0 saturated carbocycles. The lowest BCUT2D eigenvalue weighted by Crippen LogP contribution is -2.46. The number of amides is 1. The number of guanidine groups is 1. The van der Waals surface area contributed by atoms with Gasteiger partial charge >= 0.3 is 0 Å². The van der Waals surface area contributed by atoms with Crippen LogP contribution in [0.5, 0.6) is 5.75 Å². The first-order valence-electron chi connectivity index (χ1n) is 12.0. The molecule has 0 radical (unpaired) electrons. The van der Waals surface area contributed by atoms with E-state index in [1.165, 1.54) is 0 Å². The van der Waals surface area contributed by atoms with Crippen LogP contribution in [0.15, 0.2) is 90.0 Å². The molecule has 0 fully saturated rings. The number of aromatic hydroxyl groups is 1. The van der Waals surface area contributed by atoms with Crippen molar-refractivity contribution < 1.29 is 14.9 Å². The van der Waals surface area contributed by atoms with Crippen molar-refractivity contribution in [3.63, 3.8) is 0 Å².